The normalized spacial score (nSPS) is 22.1. The topological polar surface area (TPSA) is 128 Å². The lowest BCUT2D eigenvalue weighted by Crippen LogP contribution is -2.56. The van der Waals surface area contributed by atoms with Crippen molar-refractivity contribution >= 4 is 35.3 Å². The summed E-state index contributed by atoms with van der Waals surface area (Å²) in [5.41, 5.74) is 0.0694. The number of carbonyl (C=O) groups is 4. The van der Waals surface area contributed by atoms with Crippen molar-refractivity contribution in [2.24, 2.45) is 4.99 Å². The second-order valence-corrected chi connectivity index (χ2v) is 9.87. The van der Waals surface area contributed by atoms with E-state index in [4.69, 9.17) is 18.6 Å². The van der Waals surface area contributed by atoms with Gasteiger partial charge in [-0.3, -0.25) is 9.69 Å². The van der Waals surface area contributed by atoms with Gasteiger partial charge in [0.25, 0.3) is 5.91 Å². The minimum Gasteiger partial charge on any atom is -0.467 e. The summed E-state index contributed by atoms with van der Waals surface area (Å²) in [5, 5.41) is 0. The maximum Gasteiger partial charge on any atom is 0.357 e. The van der Waals surface area contributed by atoms with Crippen LogP contribution in [-0.4, -0.2) is 74.5 Å². The summed E-state index contributed by atoms with van der Waals surface area (Å²) in [6.45, 7) is 5.23. The highest BCUT2D eigenvalue weighted by Crippen LogP contribution is 2.58. The number of aryl methyl sites for hydroxylation is 2. The maximum atomic E-state index is 14.3. The van der Waals surface area contributed by atoms with Gasteiger partial charge in [-0.05, 0) is 44.9 Å². The summed E-state index contributed by atoms with van der Waals surface area (Å²) in [7, 11) is 3.61. The largest absolute Gasteiger partial charge is 0.467 e. The van der Waals surface area contributed by atoms with E-state index in [1.165, 1.54) is 26.2 Å². The molecule has 1 aromatic heterocycles. The number of nitrogens with zero attached hydrogens (tertiary/aromatic N) is 3. The van der Waals surface area contributed by atoms with Crippen LogP contribution in [0.15, 0.2) is 51.0 Å². The van der Waals surface area contributed by atoms with E-state index < -0.39 is 41.3 Å². The molecule has 0 N–H and O–H groups in total. The van der Waals surface area contributed by atoms with Gasteiger partial charge in [-0.1, -0.05) is 24.1 Å². The number of carbonyl (C=O) groups excluding carboxylic acids is 4. The van der Waals surface area contributed by atoms with Gasteiger partial charge in [-0.15, -0.1) is 5.92 Å². The molecule has 3 aliphatic heterocycles. The number of anilines is 1. The van der Waals surface area contributed by atoms with Crippen molar-refractivity contribution in [3.8, 4) is 11.8 Å². The highest BCUT2D eigenvalue weighted by atomic mass is 16.5. The predicted octanol–water partition coefficient (Wildman–Crippen LogP) is 2.45. The molecule has 1 amide bonds. The smallest absolute Gasteiger partial charge is 0.357 e. The highest BCUT2D eigenvalue weighted by Gasteiger charge is 2.68. The molecule has 11 nitrogen and oxygen atoms in total. The number of para-hydroxylation sites is 1. The molecule has 11 heteroatoms. The van der Waals surface area contributed by atoms with E-state index in [1.54, 1.807) is 26.8 Å². The fourth-order valence-electron chi connectivity index (χ4n) is 6.27. The first-order chi connectivity index (χ1) is 19.7. The molecule has 1 spiro atoms. The van der Waals surface area contributed by atoms with Gasteiger partial charge in [0, 0.05) is 5.69 Å². The van der Waals surface area contributed by atoms with E-state index in [1.807, 2.05) is 29.2 Å². The van der Waals surface area contributed by atoms with Crippen LogP contribution in [0.1, 0.15) is 40.8 Å². The van der Waals surface area contributed by atoms with Crippen LogP contribution in [-0.2, 0) is 34.0 Å². The minimum atomic E-state index is -1.23. The van der Waals surface area contributed by atoms with Crippen molar-refractivity contribution in [3.63, 3.8) is 0 Å². The molecule has 0 aliphatic carbocycles. The Bertz CT molecular complexity index is 1610. The number of fused-ring (bicyclic) bond motifs is 1. The van der Waals surface area contributed by atoms with Crippen LogP contribution in [0, 0.1) is 25.7 Å². The molecular formula is C30H29N3O8. The molecule has 1 aromatic carbocycles. The average Bonchev–Trinajstić information content (AvgIpc) is 3.60. The summed E-state index contributed by atoms with van der Waals surface area (Å²) >= 11 is 0. The molecule has 0 radical (unpaired) electrons. The van der Waals surface area contributed by atoms with E-state index in [-0.39, 0.29) is 35.6 Å². The van der Waals surface area contributed by atoms with Crippen LogP contribution in [0.4, 0.5) is 5.69 Å². The molecular weight excluding hydrogens is 530 g/mol. The summed E-state index contributed by atoms with van der Waals surface area (Å²) < 4.78 is 21.0. The Morgan fingerprint density at radius 2 is 1.78 bits per heavy atom. The zero-order valence-electron chi connectivity index (χ0n) is 23.6. The number of benzene rings is 1. The molecule has 3 aliphatic rings. The first-order valence-electron chi connectivity index (χ1n) is 12.9. The van der Waals surface area contributed by atoms with Gasteiger partial charge in [0.2, 0.25) is 0 Å². The number of esters is 3. The van der Waals surface area contributed by atoms with Crippen LogP contribution in [0.3, 0.4) is 0 Å². The fraction of sp³-hybridized carbons (Fsp3) is 0.367. The summed E-state index contributed by atoms with van der Waals surface area (Å²) in [5.74, 6) is 4.00. The Labute approximate surface area is 236 Å². The average molecular weight is 560 g/mol. The lowest BCUT2D eigenvalue weighted by Gasteiger charge is -2.40. The van der Waals surface area contributed by atoms with E-state index >= 15 is 0 Å². The van der Waals surface area contributed by atoms with Gasteiger partial charge in [-0.25, -0.2) is 19.4 Å². The molecule has 1 saturated heterocycles. The Morgan fingerprint density at radius 3 is 2.39 bits per heavy atom. The molecule has 3 atom stereocenters. The van der Waals surface area contributed by atoms with Gasteiger partial charge in [-0.2, -0.15) is 0 Å². The fourth-order valence-corrected chi connectivity index (χ4v) is 6.27. The van der Waals surface area contributed by atoms with Gasteiger partial charge < -0.3 is 23.5 Å². The number of rotatable bonds is 5. The Hall–Kier alpha value is -4.85. The van der Waals surface area contributed by atoms with Crippen LogP contribution >= 0.6 is 0 Å². The van der Waals surface area contributed by atoms with Crippen molar-refractivity contribution in [1.82, 2.24) is 4.90 Å². The highest BCUT2D eigenvalue weighted by molar-refractivity contribution is 6.20. The van der Waals surface area contributed by atoms with E-state index in [0.29, 0.717) is 17.2 Å². The summed E-state index contributed by atoms with van der Waals surface area (Å²) in [4.78, 5) is 62.1. The Morgan fingerprint density at radius 1 is 1.07 bits per heavy atom. The molecule has 5 rings (SSSR count). The third kappa shape index (κ3) is 3.93. The van der Waals surface area contributed by atoms with Crippen LogP contribution in [0.5, 0.6) is 0 Å². The molecule has 1 fully saturated rings. The molecule has 0 bridgehead atoms. The lowest BCUT2D eigenvalue weighted by atomic mass is 9.69. The van der Waals surface area contributed by atoms with Crippen LogP contribution < -0.4 is 4.90 Å². The zero-order valence-corrected chi connectivity index (χ0v) is 23.6. The minimum absolute atomic E-state index is 0.0206. The number of amidine groups is 1. The third-order valence-corrected chi connectivity index (χ3v) is 7.85. The number of ether oxygens (including phenoxy) is 3. The Balaban J connectivity index is 1.88. The number of hydrogen-bond donors (Lipinski definition) is 0. The molecule has 2 unspecified atom stereocenters. The molecule has 2 aromatic rings. The second kappa shape index (κ2) is 10.3. The maximum absolute atomic E-state index is 14.3. The third-order valence-electron chi connectivity index (χ3n) is 7.85. The number of aliphatic imine (C=N–C) groups is 1. The van der Waals surface area contributed by atoms with Crippen LogP contribution in [0.25, 0.3) is 0 Å². The van der Waals surface area contributed by atoms with Gasteiger partial charge in [0.15, 0.2) is 5.70 Å². The van der Waals surface area contributed by atoms with E-state index in [0.717, 1.165) is 5.56 Å². The van der Waals surface area contributed by atoms with Gasteiger partial charge >= 0.3 is 17.9 Å². The number of amides is 1. The van der Waals surface area contributed by atoms with E-state index in [9.17, 15) is 19.2 Å². The monoisotopic (exact) mass is 559 g/mol. The van der Waals surface area contributed by atoms with Gasteiger partial charge in [0.05, 0.1) is 50.5 Å². The van der Waals surface area contributed by atoms with E-state index in [2.05, 4.69) is 16.8 Å². The number of hydrogen-bond acceptors (Lipinski definition) is 10. The molecule has 0 saturated carbocycles. The zero-order chi connectivity index (χ0) is 29.6. The second-order valence-electron chi connectivity index (χ2n) is 9.87. The first kappa shape index (κ1) is 27.7. The van der Waals surface area contributed by atoms with Crippen LogP contribution in [0.2, 0.25) is 0 Å². The number of methoxy groups -OCH3 is 3. The molecule has 41 heavy (non-hydrogen) atoms. The van der Waals surface area contributed by atoms with Crippen molar-refractivity contribution in [3.05, 3.63) is 64.2 Å². The Kier molecular flexibility index (Phi) is 6.95. The first-order valence-corrected chi connectivity index (χ1v) is 12.9. The predicted molar refractivity (Wildman–Crippen MR) is 146 cm³/mol. The quantitative estimate of drug-likeness (QED) is 0.308. The standard InChI is InChI=1S/C30H29N3O8/c1-7-8-13-32-20-12-10-9-11-19(20)30-15-21(26(35)38-4)33(25(34)18-14-16(2)41-17(18)3)29(30)31-23(28(37)40-6)22(24(30)32)27(36)39-5/h9-12,14,21,24H,13,15H2,1-6H3/t21?,24?,30-/m0/s1. The van der Waals surface area contributed by atoms with Crippen molar-refractivity contribution in [2.45, 2.75) is 44.7 Å². The molecule has 4 heterocycles. The van der Waals surface area contributed by atoms with Gasteiger partial charge in [0.1, 0.15) is 23.4 Å². The van der Waals surface area contributed by atoms with Crippen molar-refractivity contribution in [1.29, 1.82) is 0 Å². The molecule has 212 valence electrons. The van der Waals surface area contributed by atoms with Crippen molar-refractivity contribution < 1.29 is 37.8 Å². The van der Waals surface area contributed by atoms with Crippen molar-refractivity contribution in [2.75, 3.05) is 32.8 Å². The SMILES string of the molecule is CC#CCN1c2ccccc2[C@]23CC(C(=O)OC)N(C(=O)c4cc(C)oc4C)C2=NC(C(=O)OC)=C(C(=O)OC)C13. The number of furan rings is 1. The number of likely N-dealkylation sites (tertiary alicyclic amines) is 1. The lowest BCUT2D eigenvalue weighted by molar-refractivity contribution is -0.144. The summed E-state index contributed by atoms with van der Waals surface area (Å²) in [6, 6.07) is 6.94. The summed E-state index contributed by atoms with van der Waals surface area (Å²) in [6.07, 6.45) is 0.0206.